The highest BCUT2D eigenvalue weighted by molar-refractivity contribution is 5.91. The van der Waals surface area contributed by atoms with Gasteiger partial charge in [0.2, 0.25) is 0 Å². The molecule has 1 aliphatic carbocycles. The lowest BCUT2D eigenvalue weighted by Crippen LogP contribution is -1.88. The van der Waals surface area contributed by atoms with E-state index >= 15 is 0 Å². The lowest BCUT2D eigenvalue weighted by Gasteiger charge is -1.98. The molecule has 0 atom stereocenters. The average molecular weight is 256 g/mol. The second-order valence-corrected chi connectivity index (χ2v) is 4.99. The summed E-state index contributed by atoms with van der Waals surface area (Å²) in [7, 11) is 0. The van der Waals surface area contributed by atoms with E-state index in [4.69, 9.17) is 9.05 Å². The summed E-state index contributed by atoms with van der Waals surface area (Å²) in [6.07, 6.45) is 2.30. The minimum absolute atomic E-state index is 0.472. The van der Waals surface area contributed by atoms with Gasteiger partial charge in [0, 0.05) is 11.6 Å². The number of pyridine rings is 1. The van der Waals surface area contributed by atoms with Crippen LogP contribution < -0.4 is 0 Å². The summed E-state index contributed by atoms with van der Waals surface area (Å²) in [5, 5.41) is 8.84. The highest BCUT2D eigenvalue weighted by atomic mass is 16.5. The molecule has 0 amide bonds. The van der Waals surface area contributed by atoms with E-state index in [1.807, 2.05) is 19.9 Å². The molecule has 0 unspecified atom stereocenters. The quantitative estimate of drug-likeness (QED) is 0.701. The van der Waals surface area contributed by atoms with E-state index in [0.29, 0.717) is 17.5 Å². The number of fused-ring (bicyclic) bond motifs is 1. The SMILES string of the molecule is Cc1cc(-c2nc(C3CC3)no2)c2c(C)noc2n1. The molecule has 96 valence electrons. The fourth-order valence-corrected chi connectivity index (χ4v) is 2.24. The maximum Gasteiger partial charge on any atom is 0.258 e. The third-order valence-corrected chi connectivity index (χ3v) is 3.36. The van der Waals surface area contributed by atoms with Gasteiger partial charge in [-0.2, -0.15) is 4.98 Å². The first kappa shape index (κ1) is 10.7. The van der Waals surface area contributed by atoms with Crippen molar-refractivity contribution in [3.05, 3.63) is 23.3 Å². The highest BCUT2D eigenvalue weighted by Gasteiger charge is 2.29. The molecule has 0 radical (unpaired) electrons. The molecule has 0 aliphatic heterocycles. The third kappa shape index (κ3) is 1.63. The zero-order valence-corrected chi connectivity index (χ0v) is 10.7. The summed E-state index contributed by atoms with van der Waals surface area (Å²) >= 11 is 0. The van der Waals surface area contributed by atoms with Gasteiger partial charge < -0.3 is 9.05 Å². The Balaban J connectivity index is 1.94. The van der Waals surface area contributed by atoms with Gasteiger partial charge in [0.25, 0.3) is 11.6 Å². The maximum atomic E-state index is 5.38. The fourth-order valence-electron chi connectivity index (χ4n) is 2.24. The molecule has 3 aromatic rings. The lowest BCUT2D eigenvalue weighted by atomic mass is 10.1. The summed E-state index contributed by atoms with van der Waals surface area (Å²) in [6.45, 7) is 3.78. The molecule has 0 bridgehead atoms. The van der Waals surface area contributed by atoms with Crippen molar-refractivity contribution >= 4 is 11.1 Å². The lowest BCUT2D eigenvalue weighted by molar-refractivity contribution is 0.423. The second-order valence-electron chi connectivity index (χ2n) is 4.99. The Labute approximate surface area is 108 Å². The predicted octanol–water partition coefficient (Wildman–Crippen LogP) is 2.77. The Bertz CT molecular complexity index is 770. The zero-order chi connectivity index (χ0) is 13.0. The van der Waals surface area contributed by atoms with Gasteiger partial charge in [0.05, 0.1) is 16.6 Å². The van der Waals surface area contributed by atoms with Crippen molar-refractivity contribution in [3.8, 4) is 11.5 Å². The smallest absolute Gasteiger partial charge is 0.258 e. The molecule has 0 N–H and O–H groups in total. The van der Waals surface area contributed by atoms with Crippen molar-refractivity contribution in [2.24, 2.45) is 0 Å². The third-order valence-electron chi connectivity index (χ3n) is 3.36. The van der Waals surface area contributed by atoms with Gasteiger partial charge in [-0.15, -0.1) is 0 Å². The van der Waals surface area contributed by atoms with Gasteiger partial charge in [-0.25, -0.2) is 4.98 Å². The van der Waals surface area contributed by atoms with E-state index in [2.05, 4.69) is 20.3 Å². The summed E-state index contributed by atoms with van der Waals surface area (Å²) in [5.41, 5.74) is 2.98. The second kappa shape index (κ2) is 3.63. The first-order valence-electron chi connectivity index (χ1n) is 6.30. The molecule has 19 heavy (non-hydrogen) atoms. The van der Waals surface area contributed by atoms with Crippen LogP contribution in [0.25, 0.3) is 22.6 Å². The number of hydrogen-bond donors (Lipinski definition) is 0. The fraction of sp³-hybridized carbons (Fsp3) is 0.385. The van der Waals surface area contributed by atoms with Crippen LogP contribution in [-0.4, -0.2) is 20.3 Å². The summed E-state index contributed by atoms with van der Waals surface area (Å²) < 4.78 is 10.6. The van der Waals surface area contributed by atoms with Crippen molar-refractivity contribution in [2.75, 3.05) is 0 Å². The molecule has 1 saturated carbocycles. The van der Waals surface area contributed by atoms with Gasteiger partial charge in [-0.3, -0.25) is 0 Å². The number of hydrogen-bond acceptors (Lipinski definition) is 6. The standard InChI is InChI=1S/C13H12N4O2/c1-6-5-9(10-7(2)16-19-13(10)14-6)12-15-11(17-18-12)8-3-4-8/h5,8H,3-4H2,1-2H3. The molecule has 4 rings (SSSR count). The normalized spacial score (nSPS) is 15.3. The number of rotatable bonds is 2. The molecule has 0 aromatic carbocycles. The zero-order valence-electron chi connectivity index (χ0n) is 10.7. The first-order valence-corrected chi connectivity index (χ1v) is 6.30. The monoisotopic (exact) mass is 256 g/mol. The Morgan fingerprint density at radius 2 is 1.95 bits per heavy atom. The molecular formula is C13H12N4O2. The summed E-state index contributed by atoms with van der Waals surface area (Å²) in [6, 6.07) is 1.93. The van der Waals surface area contributed by atoms with Crippen LogP contribution >= 0.6 is 0 Å². The predicted molar refractivity (Wildman–Crippen MR) is 66.5 cm³/mol. The molecule has 3 heterocycles. The van der Waals surface area contributed by atoms with Crippen LogP contribution in [0.3, 0.4) is 0 Å². The molecule has 1 aliphatic rings. The van der Waals surface area contributed by atoms with Crippen molar-refractivity contribution in [1.82, 2.24) is 20.3 Å². The molecule has 0 saturated heterocycles. The molecule has 1 fully saturated rings. The van der Waals surface area contributed by atoms with Crippen molar-refractivity contribution in [1.29, 1.82) is 0 Å². The first-order chi connectivity index (χ1) is 9.22. The average Bonchev–Trinajstić information content (AvgIpc) is 3.01. The molecule has 3 aromatic heterocycles. The molecule has 6 heteroatoms. The van der Waals surface area contributed by atoms with E-state index in [1.165, 1.54) is 0 Å². The van der Waals surface area contributed by atoms with Crippen LogP contribution in [-0.2, 0) is 0 Å². The van der Waals surface area contributed by atoms with Gasteiger partial charge in [-0.05, 0) is 32.8 Å². The van der Waals surface area contributed by atoms with Crippen LogP contribution in [0.2, 0.25) is 0 Å². The van der Waals surface area contributed by atoms with Crippen LogP contribution in [0.5, 0.6) is 0 Å². The van der Waals surface area contributed by atoms with Crippen molar-refractivity contribution in [2.45, 2.75) is 32.6 Å². The largest absolute Gasteiger partial charge is 0.336 e. The number of nitrogens with zero attached hydrogens (tertiary/aromatic N) is 4. The maximum absolute atomic E-state index is 5.38. The topological polar surface area (TPSA) is 77.8 Å². The summed E-state index contributed by atoms with van der Waals surface area (Å²) in [4.78, 5) is 8.80. The molecular weight excluding hydrogens is 244 g/mol. The number of aryl methyl sites for hydroxylation is 2. The molecule has 0 spiro atoms. The Morgan fingerprint density at radius 1 is 1.11 bits per heavy atom. The van der Waals surface area contributed by atoms with Gasteiger partial charge in [0.1, 0.15) is 0 Å². The Morgan fingerprint density at radius 3 is 2.74 bits per heavy atom. The van der Waals surface area contributed by atoms with Crippen LogP contribution in [0, 0.1) is 13.8 Å². The van der Waals surface area contributed by atoms with Crippen LogP contribution in [0.4, 0.5) is 0 Å². The van der Waals surface area contributed by atoms with E-state index < -0.39 is 0 Å². The van der Waals surface area contributed by atoms with E-state index in [1.54, 1.807) is 0 Å². The summed E-state index contributed by atoms with van der Waals surface area (Å²) in [5.74, 6) is 1.79. The van der Waals surface area contributed by atoms with E-state index in [0.717, 1.165) is 41.0 Å². The van der Waals surface area contributed by atoms with E-state index in [9.17, 15) is 0 Å². The number of aromatic nitrogens is 4. The minimum atomic E-state index is 0.472. The Kier molecular flexibility index (Phi) is 2.04. The van der Waals surface area contributed by atoms with Crippen molar-refractivity contribution < 1.29 is 9.05 Å². The van der Waals surface area contributed by atoms with E-state index in [-0.39, 0.29) is 0 Å². The van der Waals surface area contributed by atoms with Gasteiger partial charge in [-0.1, -0.05) is 10.3 Å². The van der Waals surface area contributed by atoms with Crippen LogP contribution in [0.1, 0.15) is 36.0 Å². The van der Waals surface area contributed by atoms with Gasteiger partial charge in [0.15, 0.2) is 5.82 Å². The van der Waals surface area contributed by atoms with Gasteiger partial charge >= 0.3 is 0 Å². The van der Waals surface area contributed by atoms with Crippen LogP contribution in [0.15, 0.2) is 15.1 Å². The highest BCUT2D eigenvalue weighted by Crippen LogP contribution is 2.39. The van der Waals surface area contributed by atoms with Crippen molar-refractivity contribution in [3.63, 3.8) is 0 Å². The molecule has 6 nitrogen and oxygen atoms in total. The minimum Gasteiger partial charge on any atom is -0.336 e. The Hall–Kier alpha value is -2.24.